The summed E-state index contributed by atoms with van der Waals surface area (Å²) in [7, 11) is 0. The number of amides is 2. The second-order valence-corrected chi connectivity index (χ2v) is 10.7. The summed E-state index contributed by atoms with van der Waals surface area (Å²) < 4.78 is 22.7. The number of carbonyl (C=O) groups excluding carboxylic acids is 1. The van der Waals surface area contributed by atoms with E-state index in [1.54, 1.807) is 12.3 Å². The number of pyridine rings is 1. The van der Waals surface area contributed by atoms with Crippen molar-refractivity contribution >= 4 is 16.9 Å². The molecule has 2 aliphatic heterocycles. The molecule has 2 fully saturated rings. The van der Waals surface area contributed by atoms with Gasteiger partial charge in [0, 0.05) is 60.5 Å². The molecule has 1 aromatic carbocycles. The van der Waals surface area contributed by atoms with Crippen molar-refractivity contribution in [2.75, 3.05) is 26.2 Å². The second kappa shape index (κ2) is 9.37. The van der Waals surface area contributed by atoms with Crippen molar-refractivity contribution in [1.82, 2.24) is 25.0 Å². The largest absolute Gasteiger partial charge is 0.490 e. The van der Waals surface area contributed by atoms with Crippen molar-refractivity contribution in [3.05, 3.63) is 42.0 Å². The van der Waals surface area contributed by atoms with Gasteiger partial charge in [0.25, 0.3) is 0 Å². The van der Waals surface area contributed by atoms with Crippen LogP contribution in [0.15, 0.2) is 30.5 Å². The summed E-state index contributed by atoms with van der Waals surface area (Å²) in [6.45, 7) is 5.48. The predicted octanol–water partition coefficient (Wildman–Crippen LogP) is 5.27. The summed E-state index contributed by atoms with van der Waals surface area (Å²) in [6.07, 6.45) is 9.81. The van der Waals surface area contributed by atoms with Crippen LogP contribution in [0.3, 0.4) is 0 Å². The van der Waals surface area contributed by atoms with Gasteiger partial charge in [-0.1, -0.05) is 19.3 Å². The molecule has 7 nitrogen and oxygen atoms in total. The number of nitrogens with one attached hydrogen (secondary N) is 1. The number of halogens is 1. The number of ether oxygens (including phenoxy) is 1. The number of hydrogen-bond donors (Lipinski definition) is 1. The molecule has 3 aromatic rings. The maximum atomic E-state index is 14.7. The highest BCUT2D eigenvalue weighted by Gasteiger charge is 2.46. The Kier molecular flexibility index (Phi) is 6.05. The van der Waals surface area contributed by atoms with Crippen LogP contribution in [0, 0.1) is 11.7 Å². The van der Waals surface area contributed by atoms with E-state index in [1.807, 2.05) is 17.9 Å². The molecule has 2 amide bonds. The standard InChI is InChI=1S/C28H34FN5O2/c1-2-30-27(35)33-10-8-28(18-33)9-11-34-26(28)15-24(32-34)21-12-20-13-25(22(29)14-23(20)31-16-21)36-17-19-6-4-3-5-7-19/h12-16,19H,2-11,17-18H2,1H3,(H,30,35). The molecule has 1 atom stereocenters. The highest BCUT2D eigenvalue weighted by molar-refractivity contribution is 5.84. The molecule has 1 saturated heterocycles. The van der Waals surface area contributed by atoms with Gasteiger partial charge in [-0.3, -0.25) is 9.67 Å². The Morgan fingerprint density at radius 1 is 1.17 bits per heavy atom. The maximum absolute atomic E-state index is 14.7. The lowest BCUT2D eigenvalue weighted by Crippen LogP contribution is -2.40. The number of likely N-dealkylation sites (tertiary alicyclic amines) is 1. The van der Waals surface area contributed by atoms with E-state index < -0.39 is 0 Å². The Labute approximate surface area is 211 Å². The molecule has 1 unspecified atom stereocenters. The van der Waals surface area contributed by atoms with E-state index in [1.165, 1.54) is 31.0 Å². The smallest absolute Gasteiger partial charge is 0.317 e. The molecule has 0 radical (unpaired) electrons. The van der Waals surface area contributed by atoms with Crippen LogP contribution in [0.5, 0.6) is 5.75 Å². The number of urea groups is 1. The molecule has 6 rings (SSSR count). The zero-order valence-electron chi connectivity index (χ0n) is 20.9. The fourth-order valence-electron chi connectivity index (χ4n) is 6.27. The fraction of sp³-hybridized carbons (Fsp3) is 0.536. The Bertz CT molecular complexity index is 1280. The molecular weight excluding hydrogens is 457 g/mol. The van der Waals surface area contributed by atoms with Crippen molar-refractivity contribution < 1.29 is 13.9 Å². The van der Waals surface area contributed by atoms with Gasteiger partial charge in [-0.05, 0) is 56.7 Å². The molecule has 1 saturated carbocycles. The predicted molar refractivity (Wildman–Crippen MR) is 137 cm³/mol. The molecule has 2 aromatic heterocycles. The van der Waals surface area contributed by atoms with Crippen LogP contribution in [-0.4, -0.2) is 51.9 Å². The minimum absolute atomic E-state index is 0.0139. The van der Waals surface area contributed by atoms with Crippen molar-refractivity contribution in [3.8, 4) is 17.0 Å². The second-order valence-electron chi connectivity index (χ2n) is 10.7. The van der Waals surface area contributed by atoms with Crippen LogP contribution >= 0.6 is 0 Å². The molecule has 4 heterocycles. The van der Waals surface area contributed by atoms with Crippen LogP contribution in [-0.2, 0) is 12.0 Å². The SMILES string of the molecule is CCNC(=O)N1CCC2(CCn3nc(-c4cnc5cc(F)c(OCC6CCCCC6)cc5c4)cc32)C1. The molecular formula is C28H34FN5O2. The number of carbonyl (C=O) groups is 1. The highest BCUT2D eigenvalue weighted by atomic mass is 19.1. The van der Waals surface area contributed by atoms with Gasteiger partial charge in [0.05, 0.1) is 17.8 Å². The number of hydrogen-bond acceptors (Lipinski definition) is 4. The van der Waals surface area contributed by atoms with Gasteiger partial charge in [-0.15, -0.1) is 0 Å². The van der Waals surface area contributed by atoms with Crippen molar-refractivity contribution in [2.45, 2.75) is 63.8 Å². The number of rotatable bonds is 5. The summed E-state index contributed by atoms with van der Waals surface area (Å²) in [4.78, 5) is 18.8. The summed E-state index contributed by atoms with van der Waals surface area (Å²) in [6, 6.07) is 7.43. The number of aromatic nitrogens is 3. The lowest BCUT2D eigenvalue weighted by atomic mass is 9.82. The third-order valence-electron chi connectivity index (χ3n) is 8.32. The summed E-state index contributed by atoms with van der Waals surface area (Å²) >= 11 is 0. The molecule has 0 bridgehead atoms. The monoisotopic (exact) mass is 491 g/mol. The van der Waals surface area contributed by atoms with Crippen molar-refractivity contribution in [3.63, 3.8) is 0 Å². The van der Waals surface area contributed by atoms with Crippen molar-refractivity contribution in [1.29, 1.82) is 0 Å². The lowest BCUT2D eigenvalue weighted by Gasteiger charge is -2.23. The minimum atomic E-state index is -0.362. The van der Waals surface area contributed by atoms with Crippen LogP contribution in [0.4, 0.5) is 9.18 Å². The number of benzene rings is 1. The summed E-state index contributed by atoms with van der Waals surface area (Å²) in [5.74, 6) is 0.451. The van der Waals surface area contributed by atoms with E-state index in [2.05, 4.69) is 21.0 Å². The van der Waals surface area contributed by atoms with Gasteiger partial charge >= 0.3 is 6.03 Å². The third kappa shape index (κ3) is 4.20. The topological polar surface area (TPSA) is 72.3 Å². The molecule has 3 aliphatic rings. The first kappa shape index (κ1) is 23.3. The lowest BCUT2D eigenvalue weighted by molar-refractivity contribution is 0.202. The quantitative estimate of drug-likeness (QED) is 0.528. The zero-order chi connectivity index (χ0) is 24.7. The minimum Gasteiger partial charge on any atom is -0.490 e. The Morgan fingerprint density at radius 3 is 2.83 bits per heavy atom. The number of nitrogens with zero attached hydrogens (tertiary/aromatic N) is 4. The van der Waals surface area contributed by atoms with Crippen molar-refractivity contribution in [2.24, 2.45) is 5.92 Å². The first-order valence-corrected chi connectivity index (χ1v) is 13.4. The van der Waals surface area contributed by atoms with Crippen LogP contribution in [0.2, 0.25) is 0 Å². The summed E-state index contributed by atoms with van der Waals surface area (Å²) in [5.41, 5.74) is 3.54. The van der Waals surface area contributed by atoms with Gasteiger partial charge in [0.15, 0.2) is 11.6 Å². The van der Waals surface area contributed by atoms with Gasteiger partial charge in [0.2, 0.25) is 0 Å². The van der Waals surface area contributed by atoms with E-state index in [-0.39, 0.29) is 17.3 Å². The van der Waals surface area contributed by atoms with Gasteiger partial charge in [-0.2, -0.15) is 5.10 Å². The average molecular weight is 492 g/mol. The van der Waals surface area contributed by atoms with E-state index in [0.717, 1.165) is 62.0 Å². The average Bonchev–Trinajstić information content (AvgIpc) is 3.60. The molecule has 8 heteroatoms. The Balaban J connectivity index is 1.24. The van der Waals surface area contributed by atoms with E-state index >= 15 is 0 Å². The van der Waals surface area contributed by atoms with Crippen LogP contribution < -0.4 is 10.1 Å². The van der Waals surface area contributed by atoms with E-state index in [0.29, 0.717) is 30.3 Å². The molecule has 1 spiro atoms. The maximum Gasteiger partial charge on any atom is 0.317 e. The molecule has 1 N–H and O–H groups in total. The molecule has 36 heavy (non-hydrogen) atoms. The normalized spacial score (nSPS) is 21.9. The fourth-order valence-corrected chi connectivity index (χ4v) is 6.27. The first-order valence-electron chi connectivity index (χ1n) is 13.4. The van der Waals surface area contributed by atoms with Crippen LogP contribution in [0.25, 0.3) is 22.2 Å². The van der Waals surface area contributed by atoms with Crippen LogP contribution in [0.1, 0.15) is 57.6 Å². The zero-order valence-corrected chi connectivity index (χ0v) is 20.9. The number of aryl methyl sites for hydroxylation is 1. The third-order valence-corrected chi connectivity index (χ3v) is 8.32. The summed E-state index contributed by atoms with van der Waals surface area (Å²) in [5, 5.41) is 8.65. The first-order chi connectivity index (χ1) is 17.5. The van der Waals surface area contributed by atoms with E-state index in [9.17, 15) is 9.18 Å². The molecule has 190 valence electrons. The van der Waals surface area contributed by atoms with Gasteiger partial charge in [-0.25, -0.2) is 9.18 Å². The van der Waals surface area contributed by atoms with E-state index in [4.69, 9.17) is 9.84 Å². The number of fused-ring (bicyclic) bond motifs is 3. The highest BCUT2D eigenvalue weighted by Crippen LogP contribution is 2.44. The Morgan fingerprint density at radius 2 is 2.00 bits per heavy atom. The molecule has 1 aliphatic carbocycles. The van der Waals surface area contributed by atoms with Gasteiger partial charge in [0.1, 0.15) is 0 Å². The van der Waals surface area contributed by atoms with Gasteiger partial charge < -0.3 is 15.0 Å². The Hall–Kier alpha value is -3.16.